The summed E-state index contributed by atoms with van der Waals surface area (Å²) < 4.78 is 0. The minimum Gasteiger partial charge on any atom is -0.258 e. The summed E-state index contributed by atoms with van der Waals surface area (Å²) in [5, 5.41) is 51.7. The molecule has 0 aliphatic heterocycles. The van der Waals surface area contributed by atoms with Crippen LogP contribution in [-0.4, -0.2) is 14.8 Å². The Balaban J connectivity index is 2.61. The highest BCUT2D eigenvalue weighted by molar-refractivity contribution is 5.91. The van der Waals surface area contributed by atoms with E-state index in [0.29, 0.717) is 6.07 Å². The third-order valence-corrected chi connectivity index (χ3v) is 4.01. The van der Waals surface area contributed by atoms with Crippen molar-refractivity contribution in [3.63, 3.8) is 0 Å². The van der Waals surface area contributed by atoms with Crippen molar-refractivity contribution in [2.75, 3.05) is 0 Å². The standard InChI is InChI=1S/C16H5N5O6/c17-6-9(7-18)15-12-4-8-3-10(19(22)23)1-2-11(8)16(12)14(21(26)27)5-13(15)20(24)25/h1-5H. The zero-order chi connectivity index (χ0) is 19.9. The number of hydrogen-bond donors (Lipinski definition) is 0. The highest BCUT2D eigenvalue weighted by Crippen LogP contribution is 2.36. The molecule has 0 N–H and O–H groups in total. The van der Waals surface area contributed by atoms with Gasteiger partial charge in [0.15, 0.2) is 0 Å². The lowest BCUT2D eigenvalue weighted by molar-refractivity contribution is -0.394. The fraction of sp³-hybridized carbons (Fsp3) is 0. The van der Waals surface area contributed by atoms with Crippen molar-refractivity contribution >= 4 is 28.7 Å². The first-order valence-electron chi connectivity index (χ1n) is 7.11. The van der Waals surface area contributed by atoms with E-state index < -0.39 is 31.7 Å². The normalized spacial score (nSPS) is 10.6. The van der Waals surface area contributed by atoms with Gasteiger partial charge in [0, 0.05) is 17.4 Å². The molecule has 3 rings (SSSR count). The summed E-state index contributed by atoms with van der Waals surface area (Å²) in [7, 11) is 0. The minimum atomic E-state index is -0.920. The van der Waals surface area contributed by atoms with Gasteiger partial charge >= 0.3 is 0 Å². The molecule has 1 aliphatic rings. The summed E-state index contributed by atoms with van der Waals surface area (Å²) in [4.78, 5) is 31.4. The summed E-state index contributed by atoms with van der Waals surface area (Å²) in [6.07, 6.45) is 1.27. The molecule has 27 heavy (non-hydrogen) atoms. The van der Waals surface area contributed by atoms with E-state index in [9.17, 15) is 30.3 Å². The average molecular weight is 363 g/mol. The van der Waals surface area contributed by atoms with E-state index in [4.69, 9.17) is 10.5 Å². The van der Waals surface area contributed by atoms with Gasteiger partial charge in [-0.1, -0.05) is 0 Å². The quantitative estimate of drug-likeness (QED) is 0.495. The van der Waals surface area contributed by atoms with E-state index in [1.165, 1.54) is 12.1 Å². The number of rotatable bonds is 3. The molecule has 0 amide bonds. The highest BCUT2D eigenvalue weighted by atomic mass is 16.6. The van der Waals surface area contributed by atoms with Crippen LogP contribution in [0.1, 0.15) is 5.56 Å². The monoisotopic (exact) mass is 363 g/mol. The Morgan fingerprint density at radius 2 is 1.52 bits per heavy atom. The van der Waals surface area contributed by atoms with Gasteiger partial charge in [-0.25, -0.2) is 0 Å². The van der Waals surface area contributed by atoms with Crippen molar-refractivity contribution in [3.05, 3.63) is 70.6 Å². The molecule has 11 nitrogen and oxygen atoms in total. The summed E-state index contributed by atoms with van der Waals surface area (Å²) in [5.74, 6) is 0. The van der Waals surface area contributed by atoms with Gasteiger partial charge in [0.1, 0.15) is 17.7 Å². The first kappa shape index (κ1) is 17.2. The van der Waals surface area contributed by atoms with Gasteiger partial charge in [-0.05, 0) is 23.3 Å². The average Bonchev–Trinajstić information content (AvgIpc) is 3.00. The number of nitriles is 2. The van der Waals surface area contributed by atoms with E-state index in [1.807, 2.05) is 0 Å². The van der Waals surface area contributed by atoms with Crippen LogP contribution in [0.3, 0.4) is 0 Å². The van der Waals surface area contributed by atoms with Crippen LogP contribution in [0.4, 0.5) is 17.1 Å². The number of nitro groups is 3. The van der Waals surface area contributed by atoms with Crippen LogP contribution in [0.5, 0.6) is 0 Å². The van der Waals surface area contributed by atoms with Gasteiger partial charge in [0.25, 0.3) is 17.1 Å². The Morgan fingerprint density at radius 1 is 0.889 bits per heavy atom. The second kappa shape index (κ2) is 6.02. The molecule has 2 aromatic carbocycles. The number of benzene rings is 2. The summed E-state index contributed by atoms with van der Waals surface area (Å²) in [5.41, 5.74) is -1.80. The first-order chi connectivity index (χ1) is 12.8. The van der Waals surface area contributed by atoms with Crippen molar-refractivity contribution in [2.45, 2.75) is 0 Å². The molecular weight excluding hydrogens is 358 g/mol. The van der Waals surface area contributed by atoms with Gasteiger partial charge in [-0.2, -0.15) is 10.5 Å². The van der Waals surface area contributed by atoms with Crippen LogP contribution in [-0.2, 0) is 0 Å². The van der Waals surface area contributed by atoms with Gasteiger partial charge < -0.3 is 0 Å². The van der Waals surface area contributed by atoms with E-state index in [1.54, 1.807) is 12.1 Å². The third kappa shape index (κ3) is 2.52. The summed E-state index contributed by atoms with van der Waals surface area (Å²) in [6.45, 7) is 0. The largest absolute Gasteiger partial charge is 0.286 e. The Morgan fingerprint density at radius 3 is 2.04 bits per heavy atom. The summed E-state index contributed by atoms with van der Waals surface area (Å²) >= 11 is 0. The van der Waals surface area contributed by atoms with Gasteiger partial charge in [-0.3, -0.25) is 30.3 Å². The van der Waals surface area contributed by atoms with Crippen LogP contribution in [0, 0.1) is 53.0 Å². The van der Waals surface area contributed by atoms with Crippen LogP contribution < -0.4 is 10.4 Å². The number of nitro benzene ring substituents is 3. The fourth-order valence-corrected chi connectivity index (χ4v) is 2.96. The Labute approximate surface area is 148 Å². The summed E-state index contributed by atoms with van der Waals surface area (Å²) in [6, 6.07) is 7.38. The molecule has 0 atom stereocenters. The molecule has 0 aromatic heterocycles. The molecule has 0 heterocycles. The Bertz CT molecular complexity index is 1270. The van der Waals surface area contributed by atoms with Crippen molar-refractivity contribution < 1.29 is 14.8 Å². The molecule has 0 saturated heterocycles. The second-order valence-electron chi connectivity index (χ2n) is 5.36. The lowest BCUT2D eigenvalue weighted by atomic mass is 10.00. The maximum atomic E-state index is 11.5. The smallest absolute Gasteiger partial charge is 0.258 e. The first-order valence-corrected chi connectivity index (χ1v) is 7.11. The van der Waals surface area contributed by atoms with Gasteiger partial charge in [0.05, 0.1) is 31.6 Å². The zero-order valence-electron chi connectivity index (χ0n) is 13.1. The molecule has 0 radical (unpaired) electrons. The minimum absolute atomic E-state index is 0.0338. The van der Waals surface area contributed by atoms with Crippen molar-refractivity contribution in [3.8, 4) is 23.3 Å². The third-order valence-electron chi connectivity index (χ3n) is 4.01. The molecule has 11 heteroatoms. The molecule has 0 saturated carbocycles. The number of fused-ring (bicyclic) bond motifs is 3. The highest BCUT2D eigenvalue weighted by Gasteiger charge is 2.30. The maximum absolute atomic E-state index is 11.5. The molecule has 0 bridgehead atoms. The van der Waals surface area contributed by atoms with Crippen LogP contribution >= 0.6 is 0 Å². The molecule has 1 aliphatic carbocycles. The van der Waals surface area contributed by atoms with Crippen molar-refractivity contribution in [1.29, 1.82) is 10.5 Å². The number of nitrogens with zero attached hydrogens (tertiary/aromatic N) is 5. The van der Waals surface area contributed by atoms with Crippen LogP contribution in [0.2, 0.25) is 0 Å². The molecule has 0 fully saturated rings. The molecular formula is C16H5N5O6. The van der Waals surface area contributed by atoms with Gasteiger partial charge in [0.2, 0.25) is 0 Å². The predicted molar refractivity (Wildman–Crippen MR) is 89.3 cm³/mol. The predicted octanol–water partition coefficient (Wildman–Crippen LogP) is 1.42. The molecule has 2 aromatic rings. The number of hydrogen-bond acceptors (Lipinski definition) is 8. The van der Waals surface area contributed by atoms with E-state index in [-0.39, 0.29) is 32.8 Å². The van der Waals surface area contributed by atoms with Gasteiger partial charge in [-0.15, -0.1) is 0 Å². The van der Waals surface area contributed by atoms with Crippen molar-refractivity contribution in [1.82, 2.24) is 0 Å². The number of non-ortho nitro benzene ring substituents is 2. The lowest BCUT2D eigenvalue weighted by Gasteiger charge is -2.04. The topological polar surface area (TPSA) is 177 Å². The van der Waals surface area contributed by atoms with E-state index in [2.05, 4.69) is 0 Å². The van der Waals surface area contributed by atoms with E-state index in [0.717, 1.165) is 12.1 Å². The van der Waals surface area contributed by atoms with Crippen molar-refractivity contribution in [2.24, 2.45) is 0 Å². The molecule has 0 unspecified atom stereocenters. The lowest BCUT2D eigenvalue weighted by Crippen LogP contribution is -2.30. The van der Waals surface area contributed by atoms with Crippen LogP contribution in [0.15, 0.2) is 24.3 Å². The maximum Gasteiger partial charge on any atom is 0.286 e. The molecule has 130 valence electrons. The zero-order valence-corrected chi connectivity index (χ0v) is 13.1. The SMILES string of the molecule is N#CC(C#N)=c1c([N+](=O)[O-])cc([N+](=O)[O-])c2c1=Cc1cc([N+](=O)[O-])ccc1-2. The Kier molecular flexibility index (Phi) is 3.83. The Hall–Kier alpha value is -4.64. The van der Waals surface area contributed by atoms with E-state index >= 15 is 0 Å². The fourth-order valence-electron chi connectivity index (χ4n) is 2.96. The second-order valence-corrected chi connectivity index (χ2v) is 5.36. The van der Waals surface area contributed by atoms with Crippen LogP contribution in [0.25, 0.3) is 22.8 Å². The molecule has 0 spiro atoms.